The number of nitrogens with one attached hydrogen (secondary N) is 3. The van der Waals surface area contributed by atoms with E-state index in [-0.39, 0.29) is 15.7 Å². The van der Waals surface area contributed by atoms with Gasteiger partial charge >= 0.3 is 0 Å². The molecule has 28 heavy (non-hydrogen) atoms. The minimum absolute atomic E-state index is 0.171. The van der Waals surface area contributed by atoms with Crippen molar-refractivity contribution < 1.29 is 4.79 Å². The summed E-state index contributed by atoms with van der Waals surface area (Å²) in [6.07, 6.45) is -1.12. The van der Waals surface area contributed by atoms with Gasteiger partial charge in [-0.25, -0.2) is 0 Å². The summed E-state index contributed by atoms with van der Waals surface area (Å²) in [6.45, 7) is 3.89. The van der Waals surface area contributed by atoms with Crippen LogP contribution in [-0.4, -0.2) is 21.0 Å². The predicted molar refractivity (Wildman–Crippen MR) is 123 cm³/mol. The molecule has 0 aliphatic heterocycles. The third-order valence-electron chi connectivity index (χ3n) is 3.70. The second-order valence-electron chi connectivity index (χ2n) is 5.99. The average Bonchev–Trinajstić information content (AvgIpc) is 2.56. The molecule has 10 heteroatoms. The van der Waals surface area contributed by atoms with E-state index in [1.54, 1.807) is 0 Å². The van der Waals surface area contributed by atoms with Crippen molar-refractivity contribution in [3.63, 3.8) is 0 Å². The molecule has 0 aliphatic carbocycles. The smallest absolute Gasteiger partial charge is 0.254 e. The van der Waals surface area contributed by atoms with Crippen molar-refractivity contribution in [3.8, 4) is 0 Å². The summed E-state index contributed by atoms with van der Waals surface area (Å²) in [6, 6.07) is 10.3. The number of hydrogen-bond donors (Lipinski definition) is 3. The molecule has 0 unspecified atom stereocenters. The van der Waals surface area contributed by atoms with Gasteiger partial charge in [0, 0.05) is 10.7 Å². The van der Waals surface area contributed by atoms with Gasteiger partial charge in [0.15, 0.2) is 5.11 Å². The van der Waals surface area contributed by atoms with Gasteiger partial charge < -0.3 is 16.0 Å². The van der Waals surface area contributed by atoms with Crippen LogP contribution >= 0.6 is 70.2 Å². The van der Waals surface area contributed by atoms with Crippen LogP contribution in [0.3, 0.4) is 0 Å². The zero-order chi connectivity index (χ0) is 21.1. The summed E-state index contributed by atoms with van der Waals surface area (Å²) < 4.78 is -1.89. The molecule has 0 fully saturated rings. The standard InChI is InChI=1S/C18H16Cl5N3OS/c1-9-3-4-10(2)14(7-9)24-17(28)26-16(18(21,22)23)25-15(27)12-6-5-11(19)8-13(12)20/h3-8,16H,1-2H3,(H,25,27)(H2,24,26,28)/t16-/m0/s1. The fourth-order valence-electron chi connectivity index (χ4n) is 2.24. The van der Waals surface area contributed by atoms with E-state index in [0.29, 0.717) is 5.02 Å². The topological polar surface area (TPSA) is 53.2 Å². The number of halogens is 5. The van der Waals surface area contributed by atoms with Gasteiger partial charge in [-0.1, -0.05) is 70.1 Å². The molecule has 2 rings (SSSR count). The molecule has 4 nitrogen and oxygen atoms in total. The highest BCUT2D eigenvalue weighted by molar-refractivity contribution is 7.80. The monoisotopic (exact) mass is 497 g/mol. The maximum atomic E-state index is 12.6. The highest BCUT2D eigenvalue weighted by atomic mass is 35.6. The number of thiocarbonyl (C=S) groups is 1. The van der Waals surface area contributed by atoms with Gasteiger partial charge in [0.05, 0.1) is 10.6 Å². The van der Waals surface area contributed by atoms with Crippen LogP contribution in [0.2, 0.25) is 10.0 Å². The highest BCUT2D eigenvalue weighted by Crippen LogP contribution is 2.30. The molecule has 1 atom stereocenters. The Bertz CT molecular complexity index is 901. The number of amides is 1. The van der Waals surface area contributed by atoms with Crippen LogP contribution in [0.25, 0.3) is 0 Å². The summed E-state index contributed by atoms with van der Waals surface area (Å²) in [4.78, 5) is 12.6. The molecular weight excluding hydrogens is 484 g/mol. The largest absolute Gasteiger partial charge is 0.339 e. The number of alkyl halides is 3. The van der Waals surface area contributed by atoms with Gasteiger partial charge in [0.2, 0.25) is 3.79 Å². The molecule has 0 saturated heterocycles. The lowest BCUT2D eigenvalue weighted by Crippen LogP contribution is -2.56. The van der Waals surface area contributed by atoms with Crippen molar-refractivity contribution in [1.29, 1.82) is 0 Å². The van der Waals surface area contributed by atoms with Crippen molar-refractivity contribution in [3.05, 3.63) is 63.1 Å². The molecule has 0 spiro atoms. The lowest BCUT2D eigenvalue weighted by atomic mass is 10.1. The molecular formula is C18H16Cl5N3OS. The zero-order valence-corrected chi connectivity index (χ0v) is 19.3. The van der Waals surface area contributed by atoms with E-state index in [2.05, 4.69) is 16.0 Å². The Morgan fingerprint density at radius 2 is 1.71 bits per heavy atom. The molecule has 0 aromatic heterocycles. The number of carbonyl (C=O) groups excluding carboxylic acids is 1. The van der Waals surface area contributed by atoms with E-state index >= 15 is 0 Å². The van der Waals surface area contributed by atoms with E-state index in [4.69, 9.17) is 70.2 Å². The maximum Gasteiger partial charge on any atom is 0.254 e. The molecule has 0 aliphatic rings. The number of benzene rings is 2. The van der Waals surface area contributed by atoms with E-state index in [1.807, 2.05) is 32.0 Å². The predicted octanol–water partition coefficient (Wildman–Crippen LogP) is 6.02. The molecule has 3 N–H and O–H groups in total. The van der Waals surface area contributed by atoms with Crippen LogP contribution in [0.15, 0.2) is 36.4 Å². The van der Waals surface area contributed by atoms with Crippen LogP contribution in [0.4, 0.5) is 5.69 Å². The second-order valence-corrected chi connectivity index (χ2v) is 9.61. The van der Waals surface area contributed by atoms with Crippen LogP contribution in [0.5, 0.6) is 0 Å². The summed E-state index contributed by atoms with van der Waals surface area (Å²) in [5, 5.41) is 9.16. The Balaban J connectivity index is 2.14. The summed E-state index contributed by atoms with van der Waals surface area (Å²) in [7, 11) is 0. The molecule has 0 bridgehead atoms. The third-order valence-corrected chi connectivity index (χ3v) is 5.12. The summed E-state index contributed by atoms with van der Waals surface area (Å²) in [5.41, 5.74) is 3.02. The Labute approximate surface area is 193 Å². The Kier molecular flexibility index (Phi) is 8.08. The van der Waals surface area contributed by atoms with E-state index < -0.39 is 15.9 Å². The maximum absolute atomic E-state index is 12.6. The van der Waals surface area contributed by atoms with Gasteiger partial charge in [-0.3, -0.25) is 4.79 Å². The van der Waals surface area contributed by atoms with Crippen molar-refractivity contribution in [1.82, 2.24) is 10.6 Å². The van der Waals surface area contributed by atoms with Crippen LogP contribution < -0.4 is 16.0 Å². The fourth-order valence-corrected chi connectivity index (χ4v) is 3.29. The minimum Gasteiger partial charge on any atom is -0.339 e. The first-order chi connectivity index (χ1) is 13.0. The molecule has 0 saturated carbocycles. The van der Waals surface area contributed by atoms with Gasteiger partial charge in [-0.15, -0.1) is 0 Å². The first-order valence-electron chi connectivity index (χ1n) is 7.95. The third kappa shape index (κ3) is 6.55. The number of hydrogen-bond acceptors (Lipinski definition) is 2. The first kappa shape index (κ1) is 23.3. The Morgan fingerprint density at radius 3 is 2.32 bits per heavy atom. The highest BCUT2D eigenvalue weighted by Gasteiger charge is 2.35. The lowest BCUT2D eigenvalue weighted by molar-refractivity contribution is 0.0934. The molecule has 1 amide bonds. The normalized spacial score (nSPS) is 12.2. The van der Waals surface area contributed by atoms with Crippen LogP contribution in [-0.2, 0) is 0 Å². The molecule has 150 valence electrons. The SMILES string of the molecule is Cc1ccc(C)c(NC(=S)N[C@H](NC(=O)c2ccc(Cl)cc2Cl)C(Cl)(Cl)Cl)c1. The molecule has 0 heterocycles. The summed E-state index contributed by atoms with van der Waals surface area (Å²) >= 11 is 35.3. The minimum atomic E-state index is -1.89. The summed E-state index contributed by atoms with van der Waals surface area (Å²) in [5.74, 6) is -0.556. The molecule has 2 aromatic rings. The number of rotatable bonds is 4. The van der Waals surface area contributed by atoms with Crippen molar-refractivity contribution in [2.24, 2.45) is 0 Å². The van der Waals surface area contributed by atoms with E-state index in [1.165, 1.54) is 18.2 Å². The Morgan fingerprint density at radius 1 is 1.04 bits per heavy atom. The quantitative estimate of drug-likeness (QED) is 0.273. The number of carbonyl (C=O) groups is 1. The van der Waals surface area contributed by atoms with Gasteiger partial charge in [0.1, 0.15) is 6.17 Å². The van der Waals surface area contributed by atoms with Crippen molar-refractivity contribution >= 4 is 86.9 Å². The first-order valence-corrected chi connectivity index (χ1v) is 10.2. The second kappa shape index (κ2) is 9.70. The zero-order valence-electron chi connectivity index (χ0n) is 14.7. The van der Waals surface area contributed by atoms with E-state index in [9.17, 15) is 4.79 Å². The van der Waals surface area contributed by atoms with Gasteiger partial charge in [0.25, 0.3) is 5.91 Å². The average molecular weight is 500 g/mol. The van der Waals surface area contributed by atoms with Crippen LogP contribution in [0.1, 0.15) is 21.5 Å². The van der Waals surface area contributed by atoms with E-state index in [0.717, 1.165) is 16.8 Å². The fraction of sp³-hybridized carbons (Fsp3) is 0.222. The number of aryl methyl sites for hydroxylation is 2. The van der Waals surface area contributed by atoms with Crippen molar-refractivity contribution in [2.45, 2.75) is 23.8 Å². The van der Waals surface area contributed by atoms with Crippen LogP contribution in [0, 0.1) is 13.8 Å². The number of anilines is 1. The molecule has 0 radical (unpaired) electrons. The molecule has 2 aromatic carbocycles. The van der Waals surface area contributed by atoms with Gasteiger partial charge in [-0.2, -0.15) is 0 Å². The van der Waals surface area contributed by atoms with Crippen molar-refractivity contribution in [2.75, 3.05) is 5.32 Å². The Hall–Kier alpha value is -0.950. The van der Waals surface area contributed by atoms with Gasteiger partial charge in [-0.05, 0) is 61.5 Å². The lowest BCUT2D eigenvalue weighted by Gasteiger charge is -2.28.